The Kier molecular flexibility index (Phi) is 5.36. The van der Waals surface area contributed by atoms with Crippen molar-refractivity contribution in [2.24, 2.45) is 0 Å². The Morgan fingerprint density at radius 3 is 2.33 bits per heavy atom. The van der Waals surface area contributed by atoms with Gasteiger partial charge in [0.05, 0.1) is 5.75 Å². The smallest absolute Gasteiger partial charge is 0.258 e. The largest absolute Gasteiger partial charge is 0.382 e. The van der Waals surface area contributed by atoms with E-state index in [0.717, 1.165) is 4.90 Å². The molecule has 0 bridgehead atoms. The van der Waals surface area contributed by atoms with Crippen molar-refractivity contribution in [1.29, 1.82) is 0 Å². The van der Waals surface area contributed by atoms with E-state index in [1.807, 2.05) is 0 Å². The molecule has 0 aliphatic heterocycles. The maximum atomic E-state index is 11.0. The lowest BCUT2D eigenvalue weighted by Crippen LogP contribution is -2.41. The Morgan fingerprint density at radius 2 is 2.00 bits per heavy atom. The summed E-state index contributed by atoms with van der Waals surface area (Å²) in [6.45, 7) is 0. The van der Waals surface area contributed by atoms with Crippen molar-refractivity contribution in [2.45, 2.75) is 6.10 Å². The molecule has 6 heteroatoms. The molecule has 0 aromatic rings. The Bertz CT molecular complexity index is 186. The zero-order valence-electron chi connectivity index (χ0n) is 6.60. The maximum absolute atomic E-state index is 11.0. The summed E-state index contributed by atoms with van der Waals surface area (Å²) in [6, 6.07) is 0. The molecule has 0 aromatic carbocycles. The Morgan fingerprint density at radius 1 is 1.50 bits per heavy atom. The van der Waals surface area contributed by atoms with Crippen LogP contribution in [0.25, 0.3) is 0 Å². The summed E-state index contributed by atoms with van der Waals surface area (Å²) in [4.78, 5) is 22.8. The number of likely N-dealkylation sites (N-methyl/N-ethyl adjacent to an activating group) is 1. The molecule has 0 radical (unpaired) electrons. The first kappa shape index (κ1) is 11.8. The van der Waals surface area contributed by atoms with Gasteiger partial charge in [-0.15, -0.1) is 0 Å². The minimum Gasteiger partial charge on any atom is -0.382 e. The molecule has 12 heavy (non-hydrogen) atoms. The highest BCUT2D eigenvalue weighted by Crippen LogP contribution is 1.96. The predicted molar refractivity (Wildman–Crippen MR) is 51.5 cm³/mol. The number of carbonyl (C=O) groups is 2. The molecule has 0 aromatic heterocycles. The summed E-state index contributed by atoms with van der Waals surface area (Å²) in [5.74, 6) is -1.14. The van der Waals surface area contributed by atoms with Crippen LogP contribution in [0.5, 0.6) is 0 Å². The first-order valence-corrected chi connectivity index (χ1v) is 4.51. The second-order valence-electron chi connectivity index (χ2n) is 2.15. The number of carbonyl (C=O) groups excluding carboxylic acids is 2. The van der Waals surface area contributed by atoms with Crippen LogP contribution < -0.4 is 0 Å². The maximum Gasteiger partial charge on any atom is 0.258 e. The lowest BCUT2D eigenvalue weighted by molar-refractivity contribution is -0.146. The number of amides is 2. The minimum atomic E-state index is -1.22. The molecule has 4 nitrogen and oxygen atoms in total. The van der Waals surface area contributed by atoms with E-state index in [4.69, 9.17) is 5.11 Å². The van der Waals surface area contributed by atoms with E-state index < -0.39 is 17.9 Å². The minimum absolute atomic E-state index is 0.00300. The monoisotopic (exact) mass is 209 g/mol. The highest BCUT2D eigenvalue weighted by molar-refractivity contribution is 7.81. The van der Waals surface area contributed by atoms with Crippen LogP contribution in [0.15, 0.2) is 0 Å². The van der Waals surface area contributed by atoms with Crippen molar-refractivity contribution in [2.75, 3.05) is 18.6 Å². The molecule has 2 amide bonds. The van der Waals surface area contributed by atoms with Crippen molar-refractivity contribution < 1.29 is 14.7 Å². The summed E-state index contributed by atoms with van der Waals surface area (Å²) in [5.41, 5.74) is 0. The quantitative estimate of drug-likeness (QED) is 0.533. The van der Waals surface area contributed by atoms with E-state index >= 15 is 0 Å². The van der Waals surface area contributed by atoms with E-state index in [9.17, 15) is 9.59 Å². The van der Waals surface area contributed by atoms with Crippen LogP contribution in [0.2, 0.25) is 0 Å². The molecule has 1 atom stereocenters. The molecule has 1 N–H and O–H groups in total. The number of aliphatic hydroxyl groups is 1. The molecular weight excluding hydrogens is 198 g/mol. The van der Waals surface area contributed by atoms with Gasteiger partial charge in [0.25, 0.3) is 5.91 Å². The lowest BCUT2D eigenvalue weighted by atomic mass is 10.3. The Hall–Kier alpha value is -0.200. The zero-order valence-corrected chi connectivity index (χ0v) is 8.39. The zero-order chi connectivity index (χ0) is 9.72. The van der Waals surface area contributed by atoms with Gasteiger partial charge in [-0.3, -0.25) is 14.5 Å². The highest BCUT2D eigenvalue weighted by Gasteiger charge is 2.21. The highest BCUT2D eigenvalue weighted by atomic mass is 32.1. The van der Waals surface area contributed by atoms with E-state index in [-0.39, 0.29) is 11.5 Å². The summed E-state index contributed by atoms with van der Waals surface area (Å²) >= 11 is 7.42. The number of rotatable bonds is 3. The van der Waals surface area contributed by atoms with Crippen LogP contribution in [0.3, 0.4) is 0 Å². The molecule has 0 saturated carbocycles. The van der Waals surface area contributed by atoms with Crippen molar-refractivity contribution in [3.05, 3.63) is 0 Å². The second-order valence-corrected chi connectivity index (χ2v) is 2.83. The van der Waals surface area contributed by atoms with Crippen LogP contribution in [-0.4, -0.2) is 46.5 Å². The number of hydrogen-bond donors (Lipinski definition) is 3. The number of imide groups is 1. The number of thiol groups is 2. The van der Waals surface area contributed by atoms with E-state index in [1.54, 1.807) is 0 Å². The molecular formula is C6H11NO3S2. The molecule has 0 heterocycles. The first-order valence-electron chi connectivity index (χ1n) is 3.24. The van der Waals surface area contributed by atoms with E-state index in [2.05, 4.69) is 25.3 Å². The van der Waals surface area contributed by atoms with E-state index in [0.29, 0.717) is 0 Å². The van der Waals surface area contributed by atoms with Crippen LogP contribution >= 0.6 is 25.3 Å². The second kappa shape index (κ2) is 5.45. The van der Waals surface area contributed by atoms with Gasteiger partial charge in [0.2, 0.25) is 5.91 Å². The predicted octanol–water partition coefficient (Wildman–Crippen LogP) is -0.808. The molecule has 70 valence electrons. The standard InChI is InChI=1S/C6H11NO3S2/c1-7(5(9)3-12)6(10)4(8)2-11/h4,8,11-12H,2-3H2,1H3. The van der Waals surface area contributed by atoms with Gasteiger partial charge in [0.15, 0.2) is 0 Å². The van der Waals surface area contributed by atoms with Gasteiger partial charge < -0.3 is 5.11 Å². The van der Waals surface area contributed by atoms with Crippen molar-refractivity contribution >= 4 is 37.1 Å². The summed E-state index contributed by atoms with van der Waals surface area (Å²) in [5, 5.41) is 9.00. The van der Waals surface area contributed by atoms with E-state index in [1.165, 1.54) is 7.05 Å². The van der Waals surface area contributed by atoms with Gasteiger partial charge >= 0.3 is 0 Å². The first-order chi connectivity index (χ1) is 5.54. The molecule has 0 aliphatic rings. The third kappa shape index (κ3) is 3.04. The fraction of sp³-hybridized carbons (Fsp3) is 0.667. The van der Waals surface area contributed by atoms with Crippen LogP contribution in [0, 0.1) is 0 Å². The Labute approximate surface area is 81.8 Å². The van der Waals surface area contributed by atoms with Gasteiger partial charge in [-0.05, 0) is 0 Å². The summed E-state index contributed by atoms with van der Waals surface area (Å²) < 4.78 is 0. The van der Waals surface area contributed by atoms with Gasteiger partial charge in [0.1, 0.15) is 6.10 Å². The number of aliphatic hydroxyl groups excluding tert-OH is 1. The lowest BCUT2D eigenvalue weighted by Gasteiger charge is -2.16. The molecule has 0 aliphatic carbocycles. The van der Waals surface area contributed by atoms with Gasteiger partial charge in [-0.1, -0.05) is 0 Å². The number of hydrogen-bond acceptors (Lipinski definition) is 5. The molecule has 1 unspecified atom stereocenters. The summed E-state index contributed by atoms with van der Waals surface area (Å²) in [6.07, 6.45) is -1.22. The molecule has 0 saturated heterocycles. The van der Waals surface area contributed by atoms with Crippen LogP contribution in [0.1, 0.15) is 0 Å². The van der Waals surface area contributed by atoms with Gasteiger partial charge in [-0.2, -0.15) is 25.3 Å². The third-order valence-electron chi connectivity index (χ3n) is 1.30. The topological polar surface area (TPSA) is 57.6 Å². The molecule has 0 fully saturated rings. The van der Waals surface area contributed by atoms with Crippen molar-refractivity contribution in [3.8, 4) is 0 Å². The third-order valence-corrected chi connectivity index (χ3v) is 1.91. The fourth-order valence-electron chi connectivity index (χ4n) is 0.531. The normalized spacial score (nSPS) is 12.3. The summed E-state index contributed by atoms with van der Waals surface area (Å²) in [7, 11) is 1.30. The van der Waals surface area contributed by atoms with Crippen LogP contribution in [-0.2, 0) is 9.59 Å². The average molecular weight is 209 g/mol. The van der Waals surface area contributed by atoms with Gasteiger partial charge in [0, 0.05) is 12.8 Å². The average Bonchev–Trinajstić information content (AvgIpc) is 2.12. The van der Waals surface area contributed by atoms with Crippen molar-refractivity contribution in [3.63, 3.8) is 0 Å². The Balaban J connectivity index is 4.19. The van der Waals surface area contributed by atoms with Gasteiger partial charge in [-0.25, -0.2) is 0 Å². The fourth-order valence-corrected chi connectivity index (χ4v) is 0.899. The molecule has 0 rings (SSSR count). The SMILES string of the molecule is CN(C(=O)CS)C(=O)C(O)CS. The number of nitrogens with zero attached hydrogens (tertiary/aromatic N) is 1. The van der Waals surface area contributed by atoms with Crippen LogP contribution in [0.4, 0.5) is 0 Å². The molecule has 0 spiro atoms. The van der Waals surface area contributed by atoms with Crippen molar-refractivity contribution in [1.82, 2.24) is 4.90 Å².